The van der Waals surface area contributed by atoms with Crippen LogP contribution < -0.4 is 10.9 Å². The van der Waals surface area contributed by atoms with Crippen LogP contribution in [-0.4, -0.2) is 24.8 Å². The lowest BCUT2D eigenvalue weighted by Gasteiger charge is -2.09. The molecule has 1 aliphatic rings. The lowest BCUT2D eigenvalue weighted by atomic mass is 10.1. The fraction of sp³-hybridized carbons (Fsp3) is 0.375. The maximum Gasteiger partial charge on any atom is 0.253 e. The molecule has 1 fully saturated rings. The average molecular weight is 310 g/mol. The minimum absolute atomic E-state index is 0.0564. The number of hydrogen-bond donors (Lipinski definition) is 2. The number of pyridine rings is 1. The molecule has 1 saturated carbocycles. The third-order valence-electron chi connectivity index (χ3n) is 4.17. The molecule has 0 unspecified atom stereocenters. The van der Waals surface area contributed by atoms with Crippen LogP contribution in [0.3, 0.4) is 0 Å². The Morgan fingerprint density at radius 1 is 1.30 bits per heavy atom. The molecule has 3 aromatic rings. The molecule has 23 heavy (non-hydrogen) atoms. The first-order valence-electron chi connectivity index (χ1n) is 7.77. The van der Waals surface area contributed by atoms with Gasteiger partial charge in [0.1, 0.15) is 5.82 Å². The van der Waals surface area contributed by atoms with Crippen molar-refractivity contribution in [2.75, 3.05) is 5.32 Å². The van der Waals surface area contributed by atoms with E-state index in [1.54, 1.807) is 4.52 Å². The zero-order valence-electron chi connectivity index (χ0n) is 13.1. The molecule has 0 spiro atoms. The first kappa shape index (κ1) is 13.9. The largest absolute Gasteiger partial charge is 0.364 e. The van der Waals surface area contributed by atoms with E-state index in [1.807, 2.05) is 32.0 Å². The second kappa shape index (κ2) is 5.19. The first-order chi connectivity index (χ1) is 11.1. The van der Waals surface area contributed by atoms with Crippen molar-refractivity contribution in [1.29, 1.82) is 0 Å². The number of anilines is 1. The smallest absolute Gasteiger partial charge is 0.253 e. The average Bonchev–Trinajstić information content (AvgIpc) is 3.26. The second-order valence-corrected chi connectivity index (χ2v) is 6.12. The van der Waals surface area contributed by atoms with E-state index in [2.05, 4.69) is 25.6 Å². The summed E-state index contributed by atoms with van der Waals surface area (Å²) in [5.74, 6) is 2.11. The number of aromatic amines is 1. The lowest BCUT2D eigenvalue weighted by molar-refractivity contribution is 0.813. The number of H-pyrrole nitrogens is 1. The van der Waals surface area contributed by atoms with E-state index in [4.69, 9.17) is 0 Å². The molecule has 1 aliphatic carbocycles. The summed E-state index contributed by atoms with van der Waals surface area (Å²) in [7, 11) is 0. The molecule has 0 atom stereocenters. The summed E-state index contributed by atoms with van der Waals surface area (Å²) in [4.78, 5) is 14.9. The van der Waals surface area contributed by atoms with E-state index >= 15 is 0 Å². The zero-order valence-corrected chi connectivity index (χ0v) is 13.1. The van der Waals surface area contributed by atoms with Crippen LogP contribution >= 0.6 is 0 Å². The number of hydrogen-bond acceptors (Lipinski definition) is 5. The van der Waals surface area contributed by atoms with Gasteiger partial charge in [0.15, 0.2) is 11.5 Å². The third-order valence-corrected chi connectivity index (χ3v) is 4.17. The van der Waals surface area contributed by atoms with Crippen molar-refractivity contribution in [3.63, 3.8) is 0 Å². The molecule has 7 heteroatoms. The second-order valence-electron chi connectivity index (χ2n) is 6.12. The van der Waals surface area contributed by atoms with Crippen LogP contribution in [0.4, 0.5) is 5.82 Å². The molecule has 3 aromatic heterocycles. The van der Waals surface area contributed by atoms with Gasteiger partial charge in [0, 0.05) is 23.7 Å². The van der Waals surface area contributed by atoms with Crippen LogP contribution in [0.1, 0.15) is 41.4 Å². The van der Waals surface area contributed by atoms with Gasteiger partial charge in [-0.25, -0.2) is 0 Å². The first-order valence-corrected chi connectivity index (χ1v) is 7.77. The van der Waals surface area contributed by atoms with E-state index in [0.29, 0.717) is 18.3 Å². The summed E-state index contributed by atoms with van der Waals surface area (Å²) in [5.41, 5.74) is 3.27. The molecule has 0 bridgehead atoms. The van der Waals surface area contributed by atoms with Crippen molar-refractivity contribution in [2.45, 2.75) is 39.2 Å². The number of fused-ring (bicyclic) bond motifs is 1. The zero-order chi connectivity index (χ0) is 16.0. The summed E-state index contributed by atoms with van der Waals surface area (Å²) in [6.45, 7) is 4.26. The summed E-state index contributed by atoms with van der Waals surface area (Å²) < 4.78 is 1.80. The highest BCUT2D eigenvalue weighted by molar-refractivity contribution is 5.45. The van der Waals surface area contributed by atoms with Crippen molar-refractivity contribution in [3.8, 4) is 0 Å². The molecule has 7 nitrogen and oxygen atoms in total. The monoisotopic (exact) mass is 310 g/mol. The maximum absolute atomic E-state index is 12.1. The Morgan fingerprint density at radius 2 is 2.13 bits per heavy atom. The van der Waals surface area contributed by atoms with Gasteiger partial charge in [0.05, 0.1) is 0 Å². The van der Waals surface area contributed by atoms with Crippen molar-refractivity contribution in [1.82, 2.24) is 24.8 Å². The van der Waals surface area contributed by atoms with E-state index in [0.717, 1.165) is 41.1 Å². The Kier molecular flexibility index (Phi) is 3.14. The van der Waals surface area contributed by atoms with E-state index in [-0.39, 0.29) is 5.56 Å². The summed E-state index contributed by atoms with van der Waals surface area (Å²) in [6.07, 6.45) is 2.30. The number of aryl methyl sites for hydroxylation is 2. The third kappa shape index (κ3) is 2.58. The van der Waals surface area contributed by atoms with Gasteiger partial charge in [-0.1, -0.05) is 0 Å². The topological polar surface area (TPSA) is 88.0 Å². The number of nitrogens with zero attached hydrogens (tertiary/aromatic N) is 4. The van der Waals surface area contributed by atoms with Gasteiger partial charge in [0.25, 0.3) is 5.56 Å². The van der Waals surface area contributed by atoms with Gasteiger partial charge in [-0.2, -0.15) is 4.52 Å². The molecule has 0 radical (unpaired) electrons. The Hall–Kier alpha value is -2.70. The number of nitrogens with one attached hydrogen (secondary N) is 2. The maximum atomic E-state index is 12.1. The minimum atomic E-state index is -0.0564. The lowest BCUT2D eigenvalue weighted by Crippen LogP contribution is -2.19. The van der Waals surface area contributed by atoms with Crippen LogP contribution in [0.25, 0.3) is 5.65 Å². The molecule has 2 N–H and O–H groups in total. The molecule has 118 valence electrons. The molecular weight excluding hydrogens is 292 g/mol. The van der Waals surface area contributed by atoms with E-state index in [1.165, 1.54) is 0 Å². The van der Waals surface area contributed by atoms with Crippen LogP contribution in [0.15, 0.2) is 23.0 Å². The fourth-order valence-electron chi connectivity index (χ4n) is 2.78. The standard InChI is InChI=1S/C16H18N6O/c1-9-7-10(2)18-16(23)12(9)8-17-13-5-6-14-19-20-15(11-3-4-11)22(14)21-13/h5-7,11H,3-4,8H2,1-2H3,(H,17,21)(H,18,23). The van der Waals surface area contributed by atoms with Crippen LogP contribution in [0.5, 0.6) is 0 Å². The van der Waals surface area contributed by atoms with Crippen molar-refractivity contribution < 1.29 is 0 Å². The predicted molar refractivity (Wildman–Crippen MR) is 86.6 cm³/mol. The summed E-state index contributed by atoms with van der Waals surface area (Å²) in [6, 6.07) is 5.72. The van der Waals surface area contributed by atoms with Gasteiger partial charge in [-0.3, -0.25) is 4.79 Å². The van der Waals surface area contributed by atoms with Gasteiger partial charge in [0.2, 0.25) is 0 Å². The fourth-order valence-corrected chi connectivity index (χ4v) is 2.78. The van der Waals surface area contributed by atoms with E-state index in [9.17, 15) is 4.79 Å². The van der Waals surface area contributed by atoms with Gasteiger partial charge in [-0.05, 0) is 50.5 Å². The molecule has 0 aromatic carbocycles. The SMILES string of the molecule is Cc1cc(C)c(CNc2ccc3nnc(C4CC4)n3n2)c(=O)[nH]1. The van der Waals surface area contributed by atoms with Gasteiger partial charge >= 0.3 is 0 Å². The molecule has 0 saturated heterocycles. The Balaban J connectivity index is 1.61. The molecule has 0 amide bonds. The minimum Gasteiger partial charge on any atom is -0.364 e. The van der Waals surface area contributed by atoms with Crippen molar-refractivity contribution in [2.24, 2.45) is 0 Å². The highest BCUT2D eigenvalue weighted by atomic mass is 16.1. The Bertz CT molecular complexity index is 937. The Morgan fingerprint density at radius 3 is 2.87 bits per heavy atom. The van der Waals surface area contributed by atoms with Crippen LogP contribution in [-0.2, 0) is 6.54 Å². The van der Waals surface area contributed by atoms with E-state index < -0.39 is 0 Å². The van der Waals surface area contributed by atoms with Crippen LogP contribution in [0.2, 0.25) is 0 Å². The highest BCUT2D eigenvalue weighted by Crippen LogP contribution is 2.38. The number of rotatable bonds is 4. The highest BCUT2D eigenvalue weighted by Gasteiger charge is 2.29. The van der Waals surface area contributed by atoms with Gasteiger partial charge < -0.3 is 10.3 Å². The van der Waals surface area contributed by atoms with Crippen molar-refractivity contribution >= 4 is 11.5 Å². The Labute approximate surface area is 132 Å². The quantitative estimate of drug-likeness (QED) is 0.768. The molecule has 3 heterocycles. The molecule has 0 aliphatic heterocycles. The summed E-state index contributed by atoms with van der Waals surface area (Å²) >= 11 is 0. The summed E-state index contributed by atoms with van der Waals surface area (Å²) in [5, 5.41) is 16.1. The van der Waals surface area contributed by atoms with Crippen molar-refractivity contribution in [3.05, 3.63) is 51.2 Å². The number of aromatic nitrogens is 5. The molecular formula is C16H18N6O. The predicted octanol–water partition coefficient (Wildman–Crippen LogP) is 1.92. The normalized spacial score (nSPS) is 14.3. The van der Waals surface area contributed by atoms with Gasteiger partial charge in [-0.15, -0.1) is 15.3 Å². The van der Waals surface area contributed by atoms with Crippen LogP contribution in [0, 0.1) is 13.8 Å². The molecule has 4 rings (SSSR count).